The third-order valence-electron chi connectivity index (χ3n) is 5.47. The van der Waals surface area contributed by atoms with Crippen LogP contribution in [-0.2, 0) is 0 Å². The number of halogens is 1. The van der Waals surface area contributed by atoms with Gasteiger partial charge in [-0.25, -0.2) is 0 Å². The molecule has 27 heavy (non-hydrogen) atoms. The predicted octanol–water partition coefficient (Wildman–Crippen LogP) is 4.24. The first-order valence-electron chi connectivity index (χ1n) is 10.3. The molecule has 2 saturated heterocycles. The van der Waals surface area contributed by atoms with Gasteiger partial charge in [0, 0.05) is 26.7 Å². The van der Waals surface area contributed by atoms with Crippen molar-refractivity contribution in [2.45, 2.75) is 38.5 Å². The van der Waals surface area contributed by atoms with E-state index in [1.165, 1.54) is 50.9 Å². The quantitative estimate of drug-likeness (QED) is 0.285. The smallest absolute Gasteiger partial charge is 0.193 e. The number of guanidine groups is 1. The highest BCUT2D eigenvalue weighted by Crippen LogP contribution is 2.19. The van der Waals surface area contributed by atoms with Crippen molar-refractivity contribution < 1.29 is 0 Å². The molecule has 0 amide bonds. The number of likely N-dealkylation sites (tertiary alicyclic amines) is 2. The zero-order chi connectivity index (χ0) is 18.0. The number of hydrogen-bond acceptors (Lipinski definition) is 2. The lowest BCUT2D eigenvalue weighted by Crippen LogP contribution is -2.44. The maximum absolute atomic E-state index is 4.50. The normalized spacial score (nSPS) is 18.3. The molecule has 0 spiro atoms. The molecule has 0 aliphatic carbocycles. The van der Waals surface area contributed by atoms with Crippen LogP contribution in [0.15, 0.2) is 40.9 Å². The first kappa shape index (κ1) is 22.2. The Balaban J connectivity index is 0.00000261. The van der Waals surface area contributed by atoms with Crippen LogP contribution in [0.4, 0.5) is 0 Å². The Labute approximate surface area is 182 Å². The monoisotopic (exact) mass is 482 g/mol. The molecule has 0 saturated carbocycles. The van der Waals surface area contributed by atoms with Crippen LogP contribution in [0.25, 0.3) is 6.08 Å². The van der Waals surface area contributed by atoms with Crippen LogP contribution in [-0.4, -0.2) is 62.1 Å². The third kappa shape index (κ3) is 7.45. The Morgan fingerprint density at radius 3 is 2.41 bits per heavy atom. The summed E-state index contributed by atoms with van der Waals surface area (Å²) in [6.07, 6.45) is 9.90. The van der Waals surface area contributed by atoms with E-state index >= 15 is 0 Å². The second-order valence-corrected chi connectivity index (χ2v) is 7.43. The van der Waals surface area contributed by atoms with Gasteiger partial charge in [-0.1, -0.05) is 42.0 Å². The molecule has 150 valence electrons. The average molecular weight is 482 g/mol. The Hall–Kier alpha value is -1.08. The summed E-state index contributed by atoms with van der Waals surface area (Å²) in [5, 5.41) is 3.57. The van der Waals surface area contributed by atoms with E-state index in [9.17, 15) is 0 Å². The summed E-state index contributed by atoms with van der Waals surface area (Å²) >= 11 is 0. The summed E-state index contributed by atoms with van der Waals surface area (Å²) in [6.45, 7) is 7.03. The van der Waals surface area contributed by atoms with Gasteiger partial charge in [-0.2, -0.15) is 0 Å². The van der Waals surface area contributed by atoms with E-state index in [1.807, 2.05) is 7.05 Å². The highest BCUT2D eigenvalue weighted by molar-refractivity contribution is 14.0. The Morgan fingerprint density at radius 2 is 1.74 bits per heavy atom. The van der Waals surface area contributed by atoms with Crippen molar-refractivity contribution in [3.05, 3.63) is 41.5 Å². The number of benzene rings is 1. The van der Waals surface area contributed by atoms with Crippen molar-refractivity contribution in [2.24, 2.45) is 4.99 Å². The Morgan fingerprint density at radius 1 is 1.04 bits per heavy atom. The second-order valence-electron chi connectivity index (χ2n) is 7.43. The fourth-order valence-electron chi connectivity index (χ4n) is 3.93. The Kier molecular flexibility index (Phi) is 10.2. The topological polar surface area (TPSA) is 30.9 Å². The minimum Gasteiger partial charge on any atom is -0.356 e. The van der Waals surface area contributed by atoms with Gasteiger partial charge in [0.15, 0.2) is 5.96 Å². The van der Waals surface area contributed by atoms with Crippen LogP contribution in [0.5, 0.6) is 0 Å². The summed E-state index contributed by atoms with van der Waals surface area (Å²) in [4.78, 5) is 9.50. The van der Waals surface area contributed by atoms with Crippen LogP contribution < -0.4 is 5.32 Å². The largest absolute Gasteiger partial charge is 0.356 e. The lowest BCUT2D eigenvalue weighted by atomic mass is 10.0. The van der Waals surface area contributed by atoms with Gasteiger partial charge >= 0.3 is 0 Å². The molecule has 1 aromatic carbocycles. The van der Waals surface area contributed by atoms with E-state index in [1.54, 1.807) is 5.57 Å². The van der Waals surface area contributed by atoms with Crippen LogP contribution in [0.3, 0.4) is 0 Å². The molecule has 0 unspecified atom stereocenters. The van der Waals surface area contributed by atoms with Gasteiger partial charge in [0.05, 0.1) is 0 Å². The molecule has 2 fully saturated rings. The first-order chi connectivity index (χ1) is 12.8. The van der Waals surface area contributed by atoms with Gasteiger partial charge in [0.25, 0.3) is 0 Å². The molecular weight excluding hydrogens is 447 g/mol. The molecular formula is C22H35IN4. The van der Waals surface area contributed by atoms with Crippen molar-refractivity contribution in [3.8, 4) is 0 Å². The SMILES string of the molecule is CN=C(NCCCCN1CCCC1)N1CCC(=Cc2ccccc2)CC1.I. The van der Waals surface area contributed by atoms with E-state index in [0.717, 1.165) is 38.4 Å². The highest BCUT2D eigenvalue weighted by Gasteiger charge is 2.17. The molecule has 0 aromatic heterocycles. The molecule has 0 bridgehead atoms. The van der Waals surface area contributed by atoms with Gasteiger partial charge in [0.1, 0.15) is 0 Å². The minimum atomic E-state index is 0. The van der Waals surface area contributed by atoms with Gasteiger partial charge < -0.3 is 15.1 Å². The van der Waals surface area contributed by atoms with Crippen molar-refractivity contribution in [1.29, 1.82) is 0 Å². The number of nitrogens with zero attached hydrogens (tertiary/aromatic N) is 3. The second kappa shape index (κ2) is 12.4. The van der Waals surface area contributed by atoms with Gasteiger partial charge in [-0.3, -0.25) is 4.99 Å². The van der Waals surface area contributed by atoms with Crippen molar-refractivity contribution in [1.82, 2.24) is 15.1 Å². The summed E-state index contributed by atoms with van der Waals surface area (Å²) in [5.74, 6) is 1.07. The van der Waals surface area contributed by atoms with E-state index in [2.05, 4.69) is 56.5 Å². The zero-order valence-corrected chi connectivity index (χ0v) is 19.0. The summed E-state index contributed by atoms with van der Waals surface area (Å²) in [7, 11) is 1.90. The number of nitrogens with one attached hydrogen (secondary N) is 1. The van der Waals surface area contributed by atoms with Crippen molar-refractivity contribution >= 4 is 36.0 Å². The molecule has 2 aliphatic rings. The summed E-state index contributed by atoms with van der Waals surface area (Å²) < 4.78 is 0. The fraction of sp³-hybridized carbons (Fsp3) is 0.591. The number of aliphatic imine (C=N–C) groups is 1. The zero-order valence-electron chi connectivity index (χ0n) is 16.7. The first-order valence-corrected chi connectivity index (χ1v) is 10.3. The molecule has 5 heteroatoms. The Bertz CT molecular complexity index is 584. The van der Waals surface area contributed by atoms with Crippen molar-refractivity contribution in [2.75, 3.05) is 46.3 Å². The van der Waals surface area contributed by atoms with Crippen molar-refractivity contribution in [3.63, 3.8) is 0 Å². The lowest BCUT2D eigenvalue weighted by Gasteiger charge is -2.31. The number of rotatable bonds is 6. The molecule has 2 aliphatic heterocycles. The maximum atomic E-state index is 4.50. The minimum absolute atomic E-state index is 0. The standard InChI is InChI=1S/C22H34N4.HI/c1-23-22(24-13-5-6-14-25-15-7-8-16-25)26-17-11-21(12-18-26)19-20-9-3-2-4-10-20;/h2-4,9-10,19H,5-8,11-18H2,1H3,(H,23,24);1H. The van der Waals surface area contributed by atoms with Gasteiger partial charge in [-0.05, 0) is 63.7 Å². The highest BCUT2D eigenvalue weighted by atomic mass is 127. The molecule has 3 rings (SSSR count). The van der Waals surface area contributed by atoms with Crippen LogP contribution in [0.1, 0.15) is 44.1 Å². The predicted molar refractivity (Wildman–Crippen MR) is 127 cm³/mol. The van der Waals surface area contributed by atoms with E-state index in [-0.39, 0.29) is 24.0 Å². The van der Waals surface area contributed by atoms with E-state index < -0.39 is 0 Å². The average Bonchev–Trinajstić information content (AvgIpc) is 3.20. The lowest BCUT2D eigenvalue weighted by molar-refractivity contribution is 0.329. The van der Waals surface area contributed by atoms with Gasteiger partial charge in [0.2, 0.25) is 0 Å². The fourth-order valence-corrected chi connectivity index (χ4v) is 3.93. The molecule has 2 heterocycles. The van der Waals surface area contributed by atoms with Crippen LogP contribution in [0.2, 0.25) is 0 Å². The number of unbranched alkanes of at least 4 members (excludes halogenated alkanes) is 1. The molecule has 4 nitrogen and oxygen atoms in total. The van der Waals surface area contributed by atoms with Crippen LogP contribution in [0, 0.1) is 0 Å². The molecule has 1 aromatic rings. The summed E-state index contributed by atoms with van der Waals surface area (Å²) in [5.41, 5.74) is 2.87. The van der Waals surface area contributed by atoms with E-state index in [4.69, 9.17) is 0 Å². The third-order valence-corrected chi connectivity index (χ3v) is 5.47. The van der Waals surface area contributed by atoms with Gasteiger partial charge in [-0.15, -0.1) is 24.0 Å². The number of piperidine rings is 1. The van der Waals surface area contributed by atoms with Crippen LogP contribution >= 0.6 is 24.0 Å². The molecule has 0 atom stereocenters. The number of hydrogen-bond donors (Lipinski definition) is 1. The van der Waals surface area contributed by atoms with E-state index in [0.29, 0.717) is 0 Å². The molecule has 1 N–H and O–H groups in total. The maximum Gasteiger partial charge on any atom is 0.193 e. The molecule has 0 radical (unpaired) electrons. The summed E-state index contributed by atoms with van der Waals surface area (Å²) in [6, 6.07) is 10.7.